The van der Waals surface area contributed by atoms with Gasteiger partial charge in [0.1, 0.15) is 0 Å². The summed E-state index contributed by atoms with van der Waals surface area (Å²) in [5.41, 5.74) is 2.58. The largest absolute Gasteiger partial charge is 0.384 e. The fraction of sp³-hybridized carbons (Fsp3) is 0.231. The Morgan fingerprint density at radius 2 is 2.35 bits per heavy atom. The number of rotatable bonds is 4. The van der Waals surface area contributed by atoms with E-state index < -0.39 is 0 Å². The van der Waals surface area contributed by atoms with E-state index in [1.165, 1.54) is 0 Å². The standard InChI is InChI=1S/C13H12N2OS/c1-16-6-5-13-15-12(9-17-13)11-4-2-3-10(7-11)8-14/h2-4,7,9H,5-6H2,1H3. The number of benzene rings is 1. The van der Waals surface area contributed by atoms with E-state index in [-0.39, 0.29) is 0 Å². The Morgan fingerprint density at radius 3 is 3.12 bits per heavy atom. The summed E-state index contributed by atoms with van der Waals surface area (Å²) in [6.07, 6.45) is 0.832. The van der Waals surface area contributed by atoms with Crippen molar-refractivity contribution < 1.29 is 4.74 Å². The van der Waals surface area contributed by atoms with Gasteiger partial charge < -0.3 is 4.74 Å². The number of nitrogens with zero attached hydrogens (tertiary/aromatic N) is 2. The summed E-state index contributed by atoms with van der Waals surface area (Å²) >= 11 is 1.62. The average molecular weight is 244 g/mol. The first-order valence-electron chi connectivity index (χ1n) is 5.27. The smallest absolute Gasteiger partial charge is 0.0991 e. The van der Waals surface area contributed by atoms with Gasteiger partial charge in [-0.25, -0.2) is 4.98 Å². The normalized spacial score (nSPS) is 10.1. The second-order valence-electron chi connectivity index (χ2n) is 3.56. The van der Waals surface area contributed by atoms with Gasteiger partial charge in [0.05, 0.1) is 28.9 Å². The lowest BCUT2D eigenvalue weighted by molar-refractivity contribution is 0.202. The summed E-state index contributed by atoms with van der Waals surface area (Å²) in [5, 5.41) is 11.9. The van der Waals surface area contributed by atoms with Crippen molar-refractivity contribution in [1.29, 1.82) is 5.26 Å². The monoisotopic (exact) mass is 244 g/mol. The lowest BCUT2D eigenvalue weighted by Crippen LogP contribution is -1.93. The van der Waals surface area contributed by atoms with E-state index in [0.29, 0.717) is 12.2 Å². The Morgan fingerprint density at radius 1 is 1.47 bits per heavy atom. The maximum absolute atomic E-state index is 8.85. The summed E-state index contributed by atoms with van der Waals surface area (Å²) in [6, 6.07) is 9.63. The van der Waals surface area contributed by atoms with E-state index in [2.05, 4.69) is 11.1 Å². The maximum Gasteiger partial charge on any atom is 0.0991 e. The number of thiazole rings is 1. The highest BCUT2D eigenvalue weighted by Crippen LogP contribution is 2.22. The summed E-state index contributed by atoms with van der Waals surface area (Å²) in [7, 11) is 1.69. The minimum absolute atomic E-state index is 0.661. The van der Waals surface area contributed by atoms with Crippen molar-refractivity contribution in [1.82, 2.24) is 4.98 Å². The first-order chi connectivity index (χ1) is 8.33. The molecule has 2 rings (SSSR count). The molecule has 1 aromatic carbocycles. The van der Waals surface area contributed by atoms with E-state index in [1.54, 1.807) is 24.5 Å². The number of hydrogen-bond acceptors (Lipinski definition) is 4. The molecule has 0 aliphatic heterocycles. The molecule has 0 N–H and O–H groups in total. The van der Waals surface area contributed by atoms with E-state index in [9.17, 15) is 0 Å². The van der Waals surface area contributed by atoms with Crippen molar-refractivity contribution in [2.45, 2.75) is 6.42 Å². The molecule has 2 aromatic rings. The molecule has 0 bridgehead atoms. The molecule has 1 heterocycles. The van der Waals surface area contributed by atoms with Crippen LogP contribution in [-0.4, -0.2) is 18.7 Å². The molecule has 17 heavy (non-hydrogen) atoms. The molecule has 0 atom stereocenters. The summed E-state index contributed by atoms with van der Waals surface area (Å²) in [5.74, 6) is 0. The van der Waals surface area contributed by atoms with Gasteiger partial charge in [0.25, 0.3) is 0 Å². The molecule has 0 aliphatic rings. The molecule has 0 unspecified atom stereocenters. The number of methoxy groups -OCH3 is 1. The molecule has 0 radical (unpaired) electrons. The van der Waals surface area contributed by atoms with Crippen LogP contribution in [0.4, 0.5) is 0 Å². The van der Waals surface area contributed by atoms with Gasteiger partial charge in [0.15, 0.2) is 0 Å². The second-order valence-corrected chi connectivity index (χ2v) is 4.50. The zero-order chi connectivity index (χ0) is 12.1. The molecule has 3 nitrogen and oxygen atoms in total. The van der Waals surface area contributed by atoms with Crippen LogP contribution < -0.4 is 0 Å². The SMILES string of the molecule is COCCc1nc(-c2cccc(C#N)c2)cs1. The highest BCUT2D eigenvalue weighted by atomic mass is 32.1. The van der Waals surface area contributed by atoms with Gasteiger partial charge in [-0.2, -0.15) is 5.26 Å². The minimum Gasteiger partial charge on any atom is -0.384 e. The Labute approximate surface area is 104 Å². The van der Waals surface area contributed by atoms with Crippen molar-refractivity contribution in [3.05, 3.63) is 40.2 Å². The Balaban J connectivity index is 2.21. The fourth-order valence-corrected chi connectivity index (χ4v) is 2.28. The number of hydrogen-bond donors (Lipinski definition) is 0. The molecule has 4 heteroatoms. The Bertz CT molecular complexity index is 542. The van der Waals surface area contributed by atoms with E-state index in [1.807, 2.05) is 23.6 Å². The molecule has 0 saturated heterocycles. The molecule has 0 fully saturated rings. The quantitative estimate of drug-likeness (QED) is 0.830. The van der Waals surface area contributed by atoms with Crippen LogP contribution in [0.3, 0.4) is 0 Å². The van der Waals surface area contributed by atoms with Crippen molar-refractivity contribution in [3.8, 4) is 17.3 Å². The van der Waals surface area contributed by atoms with Gasteiger partial charge in [-0.1, -0.05) is 12.1 Å². The van der Waals surface area contributed by atoms with Crippen molar-refractivity contribution >= 4 is 11.3 Å². The van der Waals surface area contributed by atoms with Crippen LogP contribution in [0.15, 0.2) is 29.6 Å². The molecular formula is C13H12N2OS. The first kappa shape index (κ1) is 11.8. The van der Waals surface area contributed by atoms with Gasteiger partial charge in [0.2, 0.25) is 0 Å². The molecule has 0 saturated carbocycles. The fourth-order valence-electron chi connectivity index (χ4n) is 1.50. The molecular weight excluding hydrogens is 232 g/mol. The van der Waals surface area contributed by atoms with Crippen LogP contribution in [-0.2, 0) is 11.2 Å². The van der Waals surface area contributed by atoms with Crippen LogP contribution >= 0.6 is 11.3 Å². The van der Waals surface area contributed by atoms with Crippen molar-refractivity contribution in [2.24, 2.45) is 0 Å². The van der Waals surface area contributed by atoms with Gasteiger partial charge in [-0.15, -0.1) is 11.3 Å². The highest BCUT2D eigenvalue weighted by molar-refractivity contribution is 7.09. The van der Waals surface area contributed by atoms with Gasteiger partial charge in [-0.05, 0) is 12.1 Å². The molecule has 1 aromatic heterocycles. The summed E-state index contributed by atoms with van der Waals surface area (Å²) in [4.78, 5) is 4.52. The van der Waals surface area contributed by atoms with E-state index in [0.717, 1.165) is 22.7 Å². The zero-order valence-electron chi connectivity index (χ0n) is 9.51. The third kappa shape index (κ3) is 2.90. The van der Waals surface area contributed by atoms with Crippen LogP contribution in [0.2, 0.25) is 0 Å². The lowest BCUT2D eigenvalue weighted by atomic mass is 10.1. The van der Waals surface area contributed by atoms with Crippen LogP contribution in [0.1, 0.15) is 10.6 Å². The van der Waals surface area contributed by atoms with E-state index >= 15 is 0 Å². The van der Waals surface area contributed by atoms with Crippen LogP contribution in [0, 0.1) is 11.3 Å². The summed E-state index contributed by atoms with van der Waals surface area (Å²) < 4.78 is 5.02. The van der Waals surface area contributed by atoms with Gasteiger partial charge >= 0.3 is 0 Å². The predicted molar refractivity (Wildman–Crippen MR) is 67.8 cm³/mol. The third-order valence-corrected chi connectivity index (χ3v) is 3.27. The first-order valence-corrected chi connectivity index (χ1v) is 6.15. The number of nitriles is 1. The molecule has 86 valence electrons. The number of aromatic nitrogens is 1. The van der Waals surface area contributed by atoms with Crippen LogP contribution in [0.25, 0.3) is 11.3 Å². The number of ether oxygens (including phenoxy) is 1. The van der Waals surface area contributed by atoms with Gasteiger partial charge in [-0.3, -0.25) is 0 Å². The topological polar surface area (TPSA) is 45.9 Å². The molecule has 0 aliphatic carbocycles. The van der Waals surface area contributed by atoms with Crippen LogP contribution in [0.5, 0.6) is 0 Å². The molecule has 0 amide bonds. The maximum atomic E-state index is 8.85. The lowest BCUT2D eigenvalue weighted by Gasteiger charge is -1.97. The zero-order valence-corrected chi connectivity index (χ0v) is 10.3. The predicted octanol–water partition coefficient (Wildman–Crippen LogP) is 2.87. The highest BCUT2D eigenvalue weighted by Gasteiger charge is 2.05. The van der Waals surface area contributed by atoms with Crippen molar-refractivity contribution in [2.75, 3.05) is 13.7 Å². The average Bonchev–Trinajstić information content (AvgIpc) is 2.85. The van der Waals surface area contributed by atoms with E-state index in [4.69, 9.17) is 10.00 Å². The minimum atomic E-state index is 0.661. The van der Waals surface area contributed by atoms with Crippen molar-refractivity contribution in [3.63, 3.8) is 0 Å². The van der Waals surface area contributed by atoms with Gasteiger partial charge in [0, 0.05) is 24.5 Å². The Kier molecular flexibility index (Phi) is 3.86. The third-order valence-electron chi connectivity index (χ3n) is 2.36. The molecule has 0 spiro atoms. The second kappa shape index (κ2) is 5.58. The Hall–Kier alpha value is -1.70. The summed E-state index contributed by atoms with van der Waals surface area (Å²) in [6.45, 7) is 0.686.